The average molecular weight is 220 g/mol. The summed E-state index contributed by atoms with van der Waals surface area (Å²) in [5.74, 6) is 0.968. The predicted molar refractivity (Wildman–Crippen MR) is 65.5 cm³/mol. The van der Waals surface area contributed by atoms with E-state index in [0.29, 0.717) is 12.1 Å². The van der Waals surface area contributed by atoms with Gasteiger partial charge in [-0.25, -0.2) is 0 Å². The molecule has 0 bridgehead atoms. The van der Waals surface area contributed by atoms with Crippen molar-refractivity contribution in [3.63, 3.8) is 0 Å². The number of para-hydroxylation sites is 1. The Kier molecular flexibility index (Phi) is 3.46. The number of likely N-dealkylation sites (tertiary alicyclic amines) is 1. The topological polar surface area (TPSA) is 38.5 Å². The molecule has 1 aliphatic rings. The van der Waals surface area contributed by atoms with Gasteiger partial charge in [-0.3, -0.25) is 4.90 Å². The Bertz CT molecular complexity index is 354. The molecular weight excluding hydrogens is 200 g/mol. The van der Waals surface area contributed by atoms with Gasteiger partial charge in [0.05, 0.1) is 7.11 Å². The molecule has 88 valence electrons. The van der Waals surface area contributed by atoms with E-state index in [9.17, 15) is 0 Å². The predicted octanol–water partition coefficient (Wildman–Crippen LogP) is 1.62. The second kappa shape index (κ2) is 4.85. The molecule has 2 atom stereocenters. The molecule has 1 aromatic carbocycles. The summed E-state index contributed by atoms with van der Waals surface area (Å²) >= 11 is 0. The van der Waals surface area contributed by atoms with E-state index in [4.69, 9.17) is 10.5 Å². The van der Waals surface area contributed by atoms with Gasteiger partial charge in [0.2, 0.25) is 0 Å². The summed E-state index contributed by atoms with van der Waals surface area (Å²) in [4.78, 5) is 2.42. The van der Waals surface area contributed by atoms with Gasteiger partial charge in [0, 0.05) is 30.7 Å². The van der Waals surface area contributed by atoms with Gasteiger partial charge in [0.25, 0.3) is 0 Å². The Morgan fingerprint density at radius 3 is 2.81 bits per heavy atom. The quantitative estimate of drug-likeness (QED) is 0.841. The van der Waals surface area contributed by atoms with Crippen LogP contribution in [-0.4, -0.2) is 30.6 Å². The number of nitrogens with zero attached hydrogens (tertiary/aromatic N) is 1. The molecule has 1 fully saturated rings. The molecule has 1 saturated heterocycles. The van der Waals surface area contributed by atoms with E-state index >= 15 is 0 Å². The summed E-state index contributed by atoms with van der Waals surface area (Å²) in [7, 11) is 1.72. The van der Waals surface area contributed by atoms with E-state index in [0.717, 1.165) is 25.3 Å². The lowest BCUT2D eigenvalue weighted by molar-refractivity contribution is 0.247. The SMILES string of the molecule is COc1ccccc1CN1CCC(N)C1C. The summed E-state index contributed by atoms with van der Waals surface area (Å²) in [6, 6.07) is 8.96. The second-order valence-corrected chi connectivity index (χ2v) is 4.48. The Morgan fingerprint density at radius 2 is 2.19 bits per heavy atom. The zero-order valence-electron chi connectivity index (χ0n) is 10.0. The summed E-state index contributed by atoms with van der Waals surface area (Å²) in [6.07, 6.45) is 1.09. The highest BCUT2D eigenvalue weighted by Gasteiger charge is 2.27. The average Bonchev–Trinajstić information content (AvgIpc) is 2.62. The summed E-state index contributed by atoms with van der Waals surface area (Å²) < 4.78 is 5.36. The molecule has 0 spiro atoms. The van der Waals surface area contributed by atoms with Crippen LogP contribution in [0.2, 0.25) is 0 Å². The van der Waals surface area contributed by atoms with Crippen LogP contribution in [0.3, 0.4) is 0 Å². The number of ether oxygens (including phenoxy) is 1. The van der Waals surface area contributed by atoms with Crippen LogP contribution in [-0.2, 0) is 6.54 Å². The number of hydrogen-bond acceptors (Lipinski definition) is 3. The first kappa shape index (κ1) is 11.4. The van der Waals surface area contributed by atoms with E-state index in [2.05, 4.69) is 24.0 Å². The highest BCUT2D eigenvalue weighted by molar-refractivity contribution is 5.33. The molecule has 1 heterocycles. The van der Waals surface area contributed by atoms with E-state index in [1.165, 1.54) is 5.56 Å². The molecule has 3 heteroatoms. The molecule has 0 saturated carbocycles. The van der Waals surface area contributed by atoms with Crippen molar-refractivity contribution in [3.05, 3.63) is 29.8 Å². The summed E-state index contributed by atoms with van der Waals surface area (Å²) in [6.45, 7) is 4.21. The van der Waals surface area contributed by atoms with Gasteiger partial charge in [-0.05, 0) is 19.4 Å². The van der Waals surface area contributed by atoms with Crippen molar-refractivity contribution < 1.29 is 4.74 Å². The first-order valence-electron chi connectivity index (χ1n) is 5.84. The Morgan fingerprint density at radius 1 is 1.44 bits per heavy atom. The molecule has 1 aliphatic heterocycles. The van der Waals surface area contributed by atoms with Crippen LogP contribution in [0, 0.1) is 0 Å². The minimum absolute atomic E-state index is 0.315. The maximum Gasteiger partial charge on any atom is 0.123 e. The Balaban J connectivity index is 2.09. The van der Waals surface area contributed by atoms with Gasteiger partial charge in [0.1, 0.15) is 5.75 Å². The number of nitrogens with two attached hydrogens (primary N) is 1. The Hall–Kier alpha value is -1.06. The van der Waals surface area contributed by atoms with E-state index < -0.39 is 0 Å². The lowest BCUT2D eigenvalue weighted by Gasteiger charge is -2.23. The molecule has 16 heavy (non-hydrogen) atoms. The number of rotatable bonds is 3. The van der Waals surface area contributed by atoms with Crippen molar-refractivity contribution in [2.24, 2.45) is 5.73 Å². The maximum atomic E-state index is 6.02. The van der Waals surface area contributed by atoms with Gasteiger partial charge >= 0.3 is 0 Å². The number of methoxy groups -OCH3 is 1. The van der Waals surface area contributed by atoms with Crippen LogP contribution in [0.5, 0.6) is 5.75 Å². The summed E-state index contributed by atoms with van der Waals surface area (Å²) in [5, 5.41) is 0. The molecule has 2 N–H and O–H groups in total. The van der Waals surface area contributed by atoms with Gasteiger partial charge in [-0.15, -0.1) is 0 Å². The normalized spacial score (nSPS) is 25.9. The van der Waals surface area contributed by atoms with Crippen molar-refractivity contribution in [3.8, 4) is 5.75 Å². The highest BCUT2D eigenvalue weighted by atomic mass is 16.5. The molecule has 1 aromatic rings. The standard InChI is InChI=1S/C13H20N2O/c1-10-12(14)7-8-15(10)9-11-5-3-4-6-13(11)16-2/h3-6,10,12H,7-9,14H2,1-2H3. The molecule has 0 aromatic heterocycles. The van der Waals surface area contributed by atoms with Crippen molar-refractivity contribution in [1.29, 1.82) is 0 Å². The van der Waals surface area contributed by atoms with Crippen LogP contribution in [0.25, 0.3) is 0 Å². The largest absolute Gasteiger partial charge is 0.496 e. The molecule has 3 nitrogen and oxygen atoms in total. The minimum atomic E-state index is 0.315. The fourth-order valence-electron chi connectivity index (χ4n) is 2.31. The monoisotopic (exact) mass is 220 g/mol. The third kappa shape index (κ3) is 2.20. The fraction of sp³-hybridized carbons (Fsp3) is 0.538. The zero-order valence-corrected chi connectivity index (χ0v) is 10.0. The molecule has 0 amide bonds. The molecule has 2 unspecified atom stereocenters. The maximum absolute atomic E-state index is 6.02. The van der Waals surface area contributed by atoms with E-state index in [1.807, 2.05) is 12.1 Å². The molecule has 2 rings (SSSR count). The fourth-order valence-corrected chi connectivity index (χ4v) is 2.31. The first-order valence-corrected chi connectivity index (χ1v) is 5.84. The third-order valence-corrected chi connectivity index (χ3v) is 3.51. The van der Waals surface area contributed by atoms with Crippen LogP contribution in [0.15, 0.2) is 24.3 Å². The minimum Gasteiger partial charge on any atom is -0.496 e. The van der Waals surface area contributed by atoms with Crippen LogP contribution < -0.4 is 10.5 Å². The van der Waals surface area contributed by atoms with E-state index in [1.54, 1.807) is 7.11 Å². The highest BCUT2D eigenvalue weighted by Crippen LogP contribution is 2.24. The Labute approximate surface area is 97.2 Å². The van der Waals surface area contributed by atoms with Gasteiger partial charge in [-0.1, -0.05) is 18.2 Å². The summed E-state index contributed by atoms with van der Waals surface area (Å²) in [5.41, 5.74) is 7.26. The van der Waals surface area contributed by atoms with Crippen LogP contribution in [0.4, 0.5) is 0 Å². The van der Waals surface area contributed by atoms with Gasteiger partial charge in [-0.2, -0.15) is 0 Å². The lowest BCUT2D eigenvalue weighted by Crippen LogP contribution is -2.36. The first-order chi connectivity index (χ1) is 7.72. The third-order valence-electron chi connectivity index (χ3n) is 3.51. The molecule has 0 radical (unpaired) electrons. The van der Waals surface area contributed by atoms with Crippen molar-refractivity contribution in [2.75, 3.05) is 13.7 Å². The van der Waals surface area contributed by atoms with Crippen LogP contribution in [0.1, 0.15) is 18.9 Å². The van der Waals surface area contributed by atoms with Crippen molar-refractivity contribution >= 4 is 0 Å². The van der Waals surface area contributed by atoms with Crippen molar-refractivity contribution in [2.45, 2.75) is 32.0 Å². The number of benzene rings is 1. The van der Waals surface area contributed by atoms with Gasteiger partial charge in [0.15, 0.2) is 0 Å². The van der Waals surface area contributed by atoms with E-state index in [-0.39, 0.29) is 0 Å². The van der Waals surface area contributed by atoms with Crippen LogP contribution >= 0.6 is 0 Å². The lowest BCUT2D eigenvalue weighted by atomic mass is 10.1. The number of hydrogen-bond donors (Lipinski definition) is 1. The van der Waals surface area contributed by atoms with Crippen molar-refractivity contribution in [1.82, 2.24) is 4.90 Å². The zero-order chi connectivity index (χ0) is 11.5. The smallest absolute Gasteiger partial charge is 0.123 e. The van der Waals surface area contributed by atoms with Gasteiger partial charge < -0.3 is 10.5 Å². The second-order valence-electron chi connectivity index (χ2n) is 4.48. The molecule has 0 aliphatic carbocycles. The molecular formula is C13H20N2O.